The van der Waals surface area contributed by atoms with Crippen molar-refractivity contribution >= 4 is 17.6 Å². The Morgan fingerprint density at radius 1 is 1.18 bits per heavy atom. The molecule has 2 rings (SSSR count). The van der Waals surface area contributed by atoms with Crippen LogP contribution in [-0.4, -0.2) is 38.7 Å². The van der Waals surface area contributed by atoms with E-state index in [-0.39, 0.29) is 11.7 Å². The van der Waals surface area contributed by atoms with Crippen LogP contribution in [0.2, 0.25) is 0 Å². The Morgan fingerprint density at radius 3 is 2.61 bits per heavy atom. The van der Waals surface area contributed by atoms with Crippen LogP contribution in [0.1, 0.15) is 36.4 Å². The summed E-state index contributed by atoms with van der Waals surface area (Å²) >= 11 is 0. The molecule has 0 saturated heterocycles. The quantitative estimate of drug-likeness (QED) is 0.331. The van der Waals surface area contributed by atoms with Crippen LogP contribution in [0.25, 0.3) is 0 Å². The van der Waals surface area contributed by atoms with Crippen LogP contribution in [0.3, 0.4) is 0 Å². The molecule has 1 aromatic carbocycles. The summed E-state index contributed by atoms with van der Waals surface area (Å²) in [6, 6.07) is 10.9. The number of hydrogen-bond donors (Lipinski definition) is 3. The summed E-state index contributed by atoms with van der Waals surface area (Å²) in [5.41, 5.74) is 1.80. The number of ether oxygens (including phenoxy) is 1. The van der Waals surface area contributed by atoms with Crippen molar-refractivity contribution in [1.29, 1.82) is 0 Å². The second-order valence-corrected chi connectivity index (χ2v) is 6.80. The van der Waals surface area contributed by atoms with Gasteiger partial charge >= 0.3 is 0 Å². The lowest BCUT2D eigenvalue weighted by atomic mass is 10.2. The van der Waals surface area contributed by atoms with Gasteiger partial charge < -0.3 is 25.1 Å². The number of nitrogens with zero attached hydrogens (tertiary/aromatic N) is 1. The number of rotatable bonds is 10. The molecule has 1 amide bonds. The number of benzene rings is 1. The number of guanidine groups is 1. The third kappa shape index (κ3) is 7.84. The van der Waals surface area contributed by atoms with Crippen molar-refractivity contribution in [3.05, 3.63) is 54.0 Å². The molecule has 7 heteroatoms. The SMILES string of the molecule is CN=C(NCCCOCC(C)C)NCc1ccc(NC(=O)c2ccco2)cc1. The van der Waals surface area contributed by atoms with Gasteiger partial charge in [-0.25, -0.2) is 0 Å². The number of carbonyl (C=O) groups is 1. The highest BCUT2D eigenvalue weighted by molar-refractivity contribution is 6.02. The van der Waals surface area contributed by atoms with E-state index in [2.05, 4.69) is 34.8 Å². The molecular formula is C21H30N4O3. The monoisotopic (exact) mass is 386 g/mol. The highest BCUT2D eigenvalue weighted by atomic mass is 16.5. The van der Waals surface area contributed by atoms with E-state index in [1.165, 1.54) is 6.26 Å². The molecule has 0 atom stereocenters. The molecule has 0 fully saturated rings. The number of furan rings is 1. The summed E-state index contributed by atoms with van der Waals surface area (Å²) in [5, 5.41) is 9.34. The number of carbonyl (C=O) groups excluding carboxylic acids is 1. The van der Waals surface area contributed by atoms with Crippen molar-refractivity contribution in [3.63, 3.8) is 0 Å². The van der Waals surface area contributed by atoms with Gasteiger partial charge in [0.05, 0.1) is 6.26 Å². The molecule has 0 aliphatic rings. The fourth-order valence-electron chi connectivity index (χ4n) is 2.41. The van der Waals surface area contributed by atoms with Crippen LogP contribution in [0.5, 0.6) is 0 Å². The zero-order valence-corrected chi connectivity index (χ0v) is 16.8. The summed E-state index contributed by atoms with van der Waals surface area (Å²) in [6.45, 7) is 7.26. The molecule has 1 aromatic heterocycles. The molecule has 3 N–H and O–H groups in total. The number of nitrogens with one attached hydrogen (secondary N) is 3. The number of amides is 1. The van der Waals surface area contributed by atoms with Crippen molar-refractivity contribution in [2.75, 3.05) is 32.1 Å². The molecule has 0 aliphatic heterocycles. The zero-order valence-electron chi connectivity index (χ0n) is 16.8. The second-order valence-electron chi connectivity index (χ2n) is 6.80. The summed E-state index contributed by atoms with van der Waals surface area (Å²) < 4.78 is 10.6. The molecule has 2 aromatic rings. The van der Waals surface area contributed by atoms with E-state index >= 15 is 0 Å². The molecule has 7 nitrogen and oxygen atoms in total. The van der Waals surface area contributed by atoms with Crippen molar-refractivity contribution < 1.29 is 13.9 Å². The van der Waals surface area contributed by atoms with Crippen LogP contribution in [0, 0.1) is 5.92 Å². The van der Waals surface area contributed by atoms with E-state index in [4.69, 9.17) is 9.15 Å². The lowest BCUT2D eigenvalue weighted by Crippen LogP contribution is -2.37. The Bertz CT molecular complexity index is 725. The van der Waals surface area contributed by atoms with Gasteiger partial charge in [-0.15, -0.1) is 0 Å². The van der Waals surface area contributed by atoms with Crippen molar-refractivity contribution in [1.82, 2.24) is 10.6 Å². The lowest BCUT2D eigenvalue weighted by molar-refractivity contribution is 0.0996. The normalized spacial score (nSPS) is 11.5. The zero-order chi connectivity index (χ0) is 20.2. The van der Waals surface area contributed by atoms with Crippen molar-refractivity contribution in [2.45, 2.75) is 26.8 Å². The maximum Gasteiger partial charge on any atom is 0.291 e. The molecule has 0 aliphatic carbocycles. The summed E-state index contributed by atoms with van der Waals surface area (Å²) in [4.78, 5) is 16.2. The van der Waals surface area contributed by atoms with Crippen LogP contribution >= 0.6 is 0 Å². The first-order chi connectivity index (χ1) is 13.6. The largest absolute Gasteiger partial charge is 0.459 e. The van der Waals surface area contributed by atoms with Crippen molar-refractivity contribution in [2.24, 2.45) is 10.9 Å². The predicted octanol–water partition coefficient (Wildman–Crippen LogP) is 3.26. The van der Waals surface area contributed by atoms with E-state index in [0.717, 1.165) is 37.7 Å². The second kappa shape index (κ2) is 11.8. The van der Waals surface area contributed by atoms with E-state index in [1.807, 2.05) is 24.3 Å². The number of hydrogen-bond acceptors (Lipinski definition) is 4. The highest BCUT2D eigenvalue weighted by Crippen LogP contribution is 2.11. The van der Waals surface area contributed by atoms with Crippen LogP contribution < -0.4 is 16.0 Å². The minimum atomic E-state index is -0.266. The molecule has 28 heavy (non-hydrogen) atoms. The lowest BCUT2D eigenvalue weighted by Gasteiger charge is -2.13. The van der Waals surface area contributed by atoms with E-state index in [0.29, 0.717) is 18.2 Å². The van der Waals surface area contributed by atoms with Crippen molar-refractivity contribution in [3.8, 4) is 0 Å². The van der Waals surface area contributed by atoms with Gasteiger partial charge in [0.2, 0.25) is 0 Å². The van der Waals surface area contributed by atoms with Gasteiger partial charge in [-0.05, 0) is 42.2 Å². The summed E-state index contributed by atoms with van der Waals surface area (Å²) in [6.07, 6.45) is 2.40. The minimum Gasteiger partial charge on any atom is -0.459 e. The molecule has 0 bridgehead atoms. The Balaban J connectivity index is 1.69. The first-order valence-electron chi connectivity index (χ1n) is 9.54. The van der Waals surface area contributed by atoms with Gasteiger partial charge in [-0.2, -0.15) is 0 Å². The third-order valence-corrected chi connectivity index (χ3v) is 3.85. The minimum absolute atomic E-state index is 0.266. The molecular weight excluding hydrogens is 356 g/mol. The highest BCUT2D eigenvalue weighted by Gasteiger charge is 2.08. The van der Waals surface area contributed by atoms with Gasteiger partial charge in [0.15, 0.2) is 11.7 Å². The first-order valence-corrected chi connectivity index (χ1v) is 9.54. The molecule has 1 heterocycles. The summed E-state index contributed by atoms with van der Waals surface area (Å²) in [5.74, 6) is 1.33. The topological polar surface area (TPSA) is 87.9 Å². The maximum absolute atomic E-state index is 12.0. The number of aliphatic imine (C=N–C) groups is 1. The Hall–Kier alpha value is -2.80. The fraction of sp³-hybridized carbons (Fsp3) is 0.429. The molecule has 0 radical (unpaired) electrons. The third-order valence-electron chi connectivity index (χ3n) is 3.85. The fourth-order valence-corrected chi connectivity index (χ4v) is 2.41. The van der Waals surface area contributed by atoms with Gasteiger partial charge in [0.25, 0.3) is 5.91 Å². The number of anilines is 1. The standard InChI is InChI=1S/C21H30N4O3/c1-16(2)15-27-12-5-11-23-21(22-3)24-14-17-7-9-18(10-8-17)25-20(26)19-6-4-13-28-19/h4,6-10,13,16H,5,11-12,14-15H2,1-3H3,(H,25,26)(H2,22,23,24). The van der Waals surface area contributed by atoms with Gasteiger partial charge in [0.1, 0.15) is 0 Å². The molecule has 152 valence electrons. The molecule has 0 unspecified atom stereocenters. The van der Waals surface area contributed by atoms with Gasteiger partial charge in [-0.3, -0.25) is 9.79 Å². The molecule has 0 saturated carbocycles. The Morgan fingerprint density at radius 2 is 1.96 bits per heavy atom. The van der Waals surface area contributed by atoms with Crippen LogP contribution in [0.4, 0.5) is 5.69 Å². The first kappa shape index (κ1) is 21.5. The Kier molecular flexibility index (Phi) is 9.07. The maximum atomic E-state index is 12.0. The Labute approximate surface area is 166 Å². The average Bonchev–Trinajstić information content (AvgIpc) is 3.23. The van der Waals surface area contributed by atoms with Crippen LogP contribution in [-0.2, 0) is 11.3 Å². The smallest absolute Gasteiger partial charge is 0.291 e. The average molecular weight is 386 g/mol. The van der Waals surface area contributed by atoms with Gasteiger partial charge in [-0.1, -0.05) is 26.0 Å². The van der Waals surface area contributed by atoms with Crippen LogP contribution in [0.15, 0.2) is 52.1 Å². The van der Waals surface area contributed by atoms with E-state index in [9.17, 15) is 4.79 Å². The predicted molar refractivity (Wildman–Crippen MR) is 112 cm³/mol. The summed E-state index contributed by atoms with van der Waals surface area (Å²) in [7, 11) is 1.75. The van der Waals surface area contributed by atoms with E-state index < -0.39 is 0 Å². The van der Waals surface area contributed by atoms with E-state index in [1.54, 1.807) is 19.2 Å². The molecule has 0 spiro atoms. The van der Waals surface area contributed by atoms with Gasteiger partial charge in [0, 0.05) is 39.0 Å².